The maximum atomic E-state index is 11.4. The van der Waals surface area contributed by atoms with Crippen molar-refractivity contribution >= 4 is 6.03 Å². The lowest BCUT2D eigenvalue weighted by atomic mass is 9.87. The lowest BCUT2D eigenvalue weighted by Crippen LogP contribution is -2.43. The number of carbonyl (C=O) groups excluding carboxylic acids is 1. The minimum Gasteiger partial charge on any atom is -0.323 e. The highest BCUT2D eigenvalue weighted by atomic mass is 16.2. The first kappa shape index (κ1) is 10.8. The van der Waals surface area contributed by atoms with Gasteiger partial charge in [0, 0.05) is 19.6 Å². The monoisotopic (exact) mass is 209 g/mol. The number of carbonyl (C=O) groups is 1. The summed E-state index contributed by atoms with van der Waals surface area (Å²) in [5.74, 6) is 0.869. The molecule has 0 bridgehead atoms. The van der Waals surface area contributed by atoms with Gasteiger partial charge in [-0.1, -0.05) is 32.1 Å². The van der Waals surface area contributed by atoms with E-state index >= 15 is 0 Å². The molecule has 0 atom stereocenters. The van der Waals surface area contributed by atoms with E-state index in [0.717, 1.165) is 32.0 Å². The minimum atomic E-state index is 0.0251. The average Bonchev–Trinajstić information content (AvgIpc) is 2.29. The molecule has 15 heavy (non-hydrogen) atoms. The molecule has 0 aromatic rings. The minimum absolute atomic E-state index is 0.0251. The zero-order chi connectivity index (χ0) is 10.5. The molecule has 0 aromatic carbocycles. The summed E-state index contributed by atoms with van der Waals surface area (Å²) in [6, 6.07) is 0.0251. The molecule has 0 N–H and O–H groups in total. The molecule has 0 unspecified atom stereocenters. The fourth-order valence-corrected chi connectivity index (χ4v) is 2.65. The molecule has 1 saturated heterocycles. The third-order valence-electron chi connectivity index (χ3n) is 3.64. The zero-order valence-corrected chi connectivity index (χ0v) is 9.45. The maximum Gasteiger partial charge on any atom is 0.338 e. The van der Waals surface area contributed by atoms with Gasteiger partial charge in [-0.05, 0) is 18.8 Å². The predicted octanol–water partition coefficient (Wildman–Crippen LogP) is 2.39. The van der Waals surface area contributed by atoms with Crippen molar-refractivity contribution in [3.05, 3.63) is 0 Å². The van der Waals surface area contributed by atoms with E-state index in [0.29, 0.717) is 0 Å². The highest BCUT2D eigenvalue weighted by Crippen LogP contribution is 2.26. The van der Waals surface area contributed by atoms with Crippen molar-refractivity contribution in [1.82, 2.24) is 10.2 Å². The SMILES string of the molecule is O=C1[N]CCCN1CCC1CCCCC1. The molecular weight excluding hydrogens is 188 g/mol. The Morgan fingerprint density at radius 1 is 1.20 bits per heavy atom. The van der Waals surface area contributed by atoms with E-state index in [9.17, 15) is 4.79 Å². The molecule has 85 valence electrons. The van der Waals surface area contributed by atoms with Gasteiger partial charge in [0.25, 0.3) is 0 Å². The second-order valence-corrected chi connectivity index (χ2v) is 4.80. The van der Waals surface area contributed by atoms with Crippen molar-refractivity contribution in [3.63, 3.8) is 0 Å². The van der Waals surface area contributed by atoms with Crippen molar-refractivity contribution in [2.45, 2.75) is 44.9 Å². The van der Waals surface area contributed by atoms with Crippen LogP contribution in [-0.4, -0.2) is 30.6 Å². The van der Waals surface area contributed by atoms with Crippen LogP contribution in [0.25, 0.3) is 0 Å². The summed E-state index contributed by atoms with van der Waals surface area (Å²) in [6.45, 7) is 2.60. The maximum absolute atomic E-state index is 11.4. The summed E-state index contributed by atoms with van der Waals surface area (Å²) in [5.41, 5.74) is 0. The summed E-state index contributed by atoms with van der Waals surface area (Å²) in [5, 5.41) is 3.96. The first-order chi connectivity index (χ1) is 7.36. The Hall–Kier alpha value is -0.730. The van der Waals surface area contributed by atoms with Gasteiger partial charge in [0.05, 0.1) is 0 Å². The molecule has 1 aliphatic heterocycles. The Labute approximate surface area is 92.2 Å². The van der Waals surface area contributed by atoms with E-state index in [-0.39, 0.29) is 6.03 Å². The number of amides is 2. The van der Waals surface area contributed by atoms with Gasteiger partial charge in [-0.25, -0.2) is 10.1 Å². The number of rotatable bonds is 3. The number of hydrogen-bond donors (Lipinski definition) is 0. The second kappa shape index (κ2) is 5.38. The Kier molecular flexibility index (Phi) is 3.87. The van der Waals surface area contributed by atoms with E-state index in [1.165, 1.54) is 38.5 Å². The molecular formula is C12H21N2O. The van der Waals surface area contributed by atoms with E-state index in [2.05, 4.69) is 5.32 Å². The largest absolute Gasteiger partial charge is 0.338 e. The van der Waals surface area contributed by atoms with E-state index < -0.39 is 0 Å². The molecule has 0 spiro atoms. The van der Waals surface area contributed by atoms with Crippen molar-refractivity contribution < 1.29 is 4.79 Å². The molecule has 1 saturated carbocycles. The van der Waals surface area contributed by atoms with Gasteiger partial charge in [0.1, 0.15) is 0 Å². The van der Waals surface area contributed by atoms with Crippen LogP contribution < -0.4 is 5.32 Å². The van der Waals surface area contributed by atoms with Gasteiger partial charge in [0.15, 0.2) is 0 Å². The van der Waals surface area contributed by atoms with Crippen molar-refractivity contribution in [2.24, 2.45) is 5.92 Å². The summed E-state index contributed by atoms with van der Waals surface area (Å²) in [7, 11) is 0. The predicted molar refractivity (Wildman–Crippen MR) is 59.8 cm³/mol. The summed E-state index contributed by atoms with van der Waals surface area (Å²) >= 11 is 0. The number of nitrogens with zero attached hydrogens (tertiary/aromatic N) is 2. The van der Waals surface area contributed by atoms with Crippen LogP contribution in [-0.2, 0) is 0 Å². The third kappa shape index (κ3) is 3.11. The highest BCUT2D eigenvalue weighted by Gasteiger charge is 2.20. The molecule has 2 rings (SSSR count). The Morgan fingerprint density at radius 3 is 2.73 bits per heavy atom. The summed E-state index contributed by atoms with van der Waals surface area (Å²) in [4.78, 5) is 13.4. The van der Waals surface area contributed by atoms with Crippen LogP contribution in [0.15, 0.2) is 0 Å². The smallest absolute Gasteiger partial charge is 0.323 e. The normalized spacial score (nSPS) is 24.0. The quantitative estimate of drug-likeness (QED) is 0.702. The fourth-order valence-electron chi connectivity index (χ4n) is 2.65. The fraction of sp³-hybridized carbons (Fsp3) is 0.917. The van der Waals surface area contributed by atoms with E-state index in [1.807, 2.05) is 4.90 Å². The van der Waals surface area contributed by atoms with E-state index in [1.54, 1.807) is 0 Å². The van der Waals surface area contributed by atoms with Crippen LogP contribution >= 0.6 is 0 Å². The second-order valence-electron chi connectivity index (χ2n) is 4.80. The highest BCUT2D eigenvalue weighted by molar-refractivity contribution is 5.74. The molecule has 2 fully saturated rings. The summed E-state index contributed by atoms with van der Waals surface area (Å²) < 4.78 is 0. The lowest BCUT2D eigenvalue weighted by Gasteiger charge is -2.29. The zero-order valence-electron chi connectivity index (χ0n) is 9.45. The molecule has 3 nitrogen and oxygen atoms in total. The van der Waals surface area contributed by atoms with Gasteiger partial charge in [0.2, 0.25) is 0 Å². The van der Waals surface area contributed by atoms with Crippen LogP contribution in [0.5, 0.6) is 0 Å². The van der Waals surface area contributed by atoms with Crippen LogP contribution in [0.3, 0.4) is 0 Å². The molecule has 1 heterocycles. The molecule has 1 aliphatic carbocycles. The summed E-state index contributed by atoms with van der Waals surface area (Å²) in [6.07, 6.45) is 9.19. The van der Waals surface area contributed by atoms with Crippen LogP contribution in [0, 0.1) is 5.92 Å². The van der Waals surface area contributed by atoms with Gasteiger partial charge in [-0.3, -0.25) is 0 Å². The topological polar surface area (TPSA) is 34.4 Å². The van der Waals surface area contributed by atoms with Gasteiger partial charge >= 0.3 is 6.03 Å². The molecule has 2 amide bonds. The van der Waals surface area contributed by atoms with Crippen LogP contribution in [0.4, 0.5) is 4.79 Å². The molecule has 3 heteroatoms. The number of hydrogen-bond acceptors (Lipinski definition) is 1. The van der Waals surface area contributed by atoms with Gasteiger partial charge < -0.3 is 4.90 Å². The van der Waals surface area contributed by atoms with Gasteiger partial charge in [-0.15, -0.1) is 0 Å². The van der Waals surface area contributed by atoms with Gasteiger partial charge in [-0.2, -0.15) is 0 Å². The van der Waals surface area contributed by atoms with Crippen molar-refractivity contribution in [1.29, 1.82) is 0 Å². The average molecular weight is 209 g/mol. The standard InChI is InChI=1S/C12H21N2O/c15-12-13-8-4-9-14(12)10-7-11-5-2-1-3-6-11/h11H,1-10H2. The van der Waals surface area contributed by atoms with E-state index in [4.69, 9.17) is 0 Å². The first-order valence-electron chi connectivity index (χ1n) is 6.32. The van der Waals surface area contributed by atoms with Crippen LogP contribution in [0.2, 0.25) is 0 Å². The van der Waals surface area contributed by atoms with Crippen molar-refractivity contribution in [3.8, 4) is 0 Å². The molecule has 2 aliphatic rings. The Morgan fingerprint density at radius 2 is 2.00 bits per heavy atom. The Bertz CT molecular complexity index is 212. The number of urea groups is 1. The molecule has 1 radical (unpaired) electrons. The lowest BCUT2D eigenvalue weighted by molar-refractivity contribution is 0.177. The van der Waals surface area contributed by atoms with Crippen LogP contribution in [0.1, 0.15) is 44.9 Å². The van der Waals surface area contributed by atoms with Crippen molar-refractivity contribution in [2.75, 3.05) is 19.6 Å². The third-order valence-corrected chi connectivity index (χ3v) is 3.64. The Balaban J connectivity index is 1.69. The first-order valence-corrected chi connectivity index (χ1v) is 6.32. The molecule has 0 aromatic heterocycles.